The molecule has 0 saturated heterocycles. The molecule has 2 unspecified atom stereocenters. The second-order valence-corrected chi connectivity index (χ2v) is 16.9. The Hall–Kier alpha value is -3.20. The van der Waals surface area contributed by atoms with Crippen LogP contribution >= 0.6 is 0 Å². The fourth-order valence-electron chi connectivity index (χ4n) is 7.30. The van der Waals surface area contributed by atoms with E-state index in [-0.39, 0.29) is 24.5 Å². The molecule has 0 bridgehead atoms. The first-order chi connectivity index (χ1) is 29.8. The second-order valence-electron chi connectivity index (χ2n) is 16.9. The van der Waals surface area contributed by atoms with Crippen LogP contribution in [0.1, 0.15) is 232 Å². The van der Waals surface area contributed by atoms with E-state index < -0.39 is 24.5 Å². The first-order valence-corrected chi connectivity index (χ1v) is 25.0. The Morgan fingerprint density at radius 1 is 0.508 bits per heavy atom. The minimum atomic E-state index is -1.38. The quantitative estimate of drug-likeness (QED) is 0.0271. The third-order valence-electron chi connectivity index (χ3n) is 11.1. The molecular weight excluding hydrogens is 765 g/mol. The first kappa shape index (κ1) is 57.8. The summed E-state index contributed by atoms with van der Waals surface area (Å²) in [6.45, 7) is 3.39. The Morgan fingerprint density at radius 2 is 0.934 bits per heavy atom. The molecule has 0 aliphatic heterocycles. The van der Waals surface area contributed by atoms with Crippen LogP contribution in [0.3, 0.4) is 0 Å². The third kappa shape index (κ3) is 43.3. The molecule has 0 fully saturated rings. The number of aliphatic carboxylic acids is 1. The summed E-state index contributed by atoms with van der Waals surface area (Å²) in [7, 11) is 0. The smallest absolute Gasteiger partial charge is 0.328 e. The molecule has 61 heavy (non-hydrogen) atoms. The van der Waals surface area contributed by atoms with Crippen molar-refractivity contribution < 1.29 is 34.1 Å². The molecule has 0 aromatic rings. The van der Waals surface area contributed by atoms with Gasteiger partial charge in [-0.3, -0.25) is 14.4 Å². The Bertz CT molecular complexity index is 1160. The van der Waals surface area contributed by atoms with Crippen molar-refractivity contribution in [2.24, 2.45) is 0 Å². The number of carbonyl (C=O) groups excluding carboxylic acids is 3. The molecule has 9 nitrogen and oxygen atoms in total. The predicted octanol–water partition coefficient (Wildman–Crippen LogP) is 13.1. The lowest BCUT2D eigenvalue weighted by Gasteiger charge is -2.18. The van der Waals surface area contributed by atoms with Crippen LogP contribution in [0.4, 0.5) is 0 Å². The topological polar surface area (TPSA) is 142 Å². The second kappa shape index (κ2) is 46.3. The van der Waals surface area contributed by atoms with Gasteiger partial charge in [-0.2, -0.15) is 0 Å². The fourth-order valence-corrected chi connectivity index (χ4v) is 7.30. The summed E-state index contributed by atoms with van der Waals surface area (Å²) in [6.07, 6.45) is 55.7. The van der Waals surface area contributed by atoms with Crippen LogP contribution in [0.2, 0.25) is 0 Å². The lowest BCUT2D eigenvalue weighted by Crippen LogP contribution is -2.47. The van der Waals surface area contributed by atoms with Crippen LogP contribution in [-0.4, -0.2) is 59.3 Å². The van der Waals surface area contributed by atoms with Crippen LogP contribution in [0, 0.1) is 0 Å². The standard InChI is InChI=1S/C52H92N2O7/c1-3-5-7-9-11-13-15-17-18-19-20-21-22-23-24-25-27-29-31-36-40-44-51(58)61-47(41-37-33-30-28-26-16-14-12-10-8-6-4-2)42-38-34-32-35-39-43-49(56)53-45-50(57)54-48(46-55)52(59)60/h5,7,11,13,17-18,20-21,47-48,55H,3-4,6,8-10,12,14-16,19,22-46H2,1-2H3,(H,53,56)(H,54,57)(H,59,60)/b7-5-,13-11-,18-17-,21-20-. The SMILES string of the molecule is CC/C=C\C/C=C\C/C=C\C/C=C\CCCCCCCCCCC(=O)OC(CCCCCCCCCCCCCC)CCCCCCCC(=O)NCC(=O)NC(CO)C(=O)O. The Kier molecular flexibility index (Phi) is 43.9. The van der Waals surface area contributed by atoms with Crippen LogP contribution in [0.15, 0.2) is 48.6 Å². The van der Waals surface area contributed by atoms with E-state index in [4.69, 9.17) is 14.9 Å². The number of unbranched alkanes of at least 4 members (excludes halogenated alkanes) is 23. The van der Waals surface area contributed by atoms with E-state index in [0.717, 1.165) is 83.5 Å². The van der Waals surface area contributed by atoms with E-state index in [1.165, 1.54) is 116 Å². The molecule has 0 heterocycles. The number of aliphatic hydroxyl groups is 1. The molecule has 0 radical (unpaired) electrons. The number of esters is 1. The van der Waals surface area contributed by atoms with E-state index >= 15 is 0 Å². The maximum absolute atomic E-state index is 12.9. The van der Waals surface area contributed by atoms with E-state index in [1.54, 1.807) is 0 Å². The number of ether oxygens (including phenoxy) is 1. The molecule has 0 aliphatic carbocycles. The molecule has 2 atom stereocenters. The maximum atomic E-state index is 12.9. The minimum Gasteiger partial charge on any atom is -0.480 e. The number of carboxylic acids is 1. The van der Waals surface area contributed by atoms with Gasteiger partial charge in [0.25, 0.3) is 0 Å². The van der Waals surface area contributed by atoms with Crippen molar-refractivity contribution in [2.45, 2.75) is 244 Å². The van der Waals surface area contributed by atoms with E-state index in [2.05, 4.69) is 73.1 Å². The molecule has 0 spiro atoms. The lowest BCUT2D eigenvalue weighted by molar-refractivity contribution is -0.150. The number of carboxylic acid groups (broad SMARTS) is 1. The Labute approximate surface area is 373 Å². The molecule has 352 valence electrons. The lowest BCUT2D eigenvalue weighted by atomic mass is 10.0. The average molecular weight is 857 g/mol. The van der Waals surface area contributed by atoms with Crippen molar-refractivity contribution in [2.75, 3.05) is 13.2 Å². The number of hydrogen-bond acceptors (Lipinski definition) is 6. The van der Waals surface area contributed by atoms with Gasteiger partial charge in [-0.15, -0.1) is 0 Å². The summed E-state index contributed by atoms with van der Waals surface area (Å²) < 4.78 is 6.06. The highest BCUT2D eigenvalue weighted by molar-refractivity contribution is 5.87. The summed E-state index contributed by atoms with van der Waals surface area (Å²) in [4.78, 5) is 47.8. The van der Waals surface area contributed by atoms with Gasteiger partial charge in [-0.1, -0.05) is 191 Å². The number of carbonyl (C=O) groups is 4. The molecule has 0 saturated carbocycles. The van der Waals surface area contributed by atoms with Gasteiger partial charge in [0.15, 0.2) is 0 Å². The zero-order valence-electron chi connectivity index (χ0n) is 39.2. The van der Waals surface area contributed by atoms with Gasteiger partial charge in [-0.05, 0) is 77.0 Å². The minimum absolute atomic E-state index is 0.0178. The van der Waals surface area contributed by atoms with Gasteiger partial charge in [0.1, 0.15) is 12.1 Å². The summed E-state index contributed by atoms with van der Waals surface area (Å²) in [5, 5.41) is 22.6. The van der Waals surface area contributed by atoms with Crippen LogP contribution in [0.25, 0.3) is 0 Å². The molecule has 4 N–H and O–H groups in total. The van der Waals surface area contributed by atoms with Gasteiger partial charge >= 0.3 is 11.9 Å². The number of amides is 2. The van der Waals surface area contributed by atoms with E-state index in [0.29, 0.717) is 19.3 Å². The highest BCUT2D eigenvalue weighted by atomic mass is 16.5. The van der Waals surface area contributed by atoms with Gasteiger partial charge in [0.2, 0.25) is 11.8 Å². The van der Waals surface area contributed by atoms with Crippen molar-refractivity contribution >= 4 is 23.8 Å². The monoisotopic (exact) mass is 857 g/mol. The van der Waals surface area contributed by atoms with Gasteiger partial charge < -0.3 is 25.6 Å². The summed E-state index contributed by atoms with van der Waals surface area (Å²) in [5.74, 6) is -2.29. The normalized spacial score (nSPS) is 12.8. The molecule has 9 heteroatoms. The Morgan fingerprint density at radius 3 is 1.41 bits per heavy atom. The number of hydrogen-bond donors (Lipinski definition) is 4. The molecule has 0 aliphatic rings. The van der Waals surface area contributed by atoms with Crippen molar-refractivity contribution in [3.63, 3.8) is 0 Å². The van der Waals surface area contributed by atoms with Gasteiger partial charge in [-0.25, -0.2) is 4.79 Å². The zero-order chi connectivity index (χ0) is 44.7. The van der Waals surface area contributed by atoms with Crippen LogP contribution in [0.5, 0.6) is 0 Å². The molecule has 0 aromatic heterocycles. The molecule has 0 rings (SSSR count). The van der Waals surface area contributed by atoms with Crippen molar-refractivity contribution in [3.8, 4) is 0 Å². The number of nitrogens with one attached hydrogen (secondary N) is 2. The summed E-state index contributed by atoms with van der Waals surface area (Å²) >= 11 is 0. The summed E-state index contributed by atoms with van der Waals surface area (Å²) in [5.41, 5.74) is 0. The predicted molar refractivity (Wildman–Crippen MR) is 254 cm³/mol. The molecule has 2 amide bonds. The summed E-state index contributed by atoms with van der Waals surface area (Å²) in [6, 6.07) is -1.38. The molecule has 0 aromatic carbocycles. The van der Waals surface area contributed by atoms with E-state index in [1.807, 2.05) is 0 Å². The van der Waals surface area contributed by atoms with E-state index in [9.17, 15) is 19.2 Å². The van der Waals surface area contributed by atoms with Gasteiger partial charge in [0, 0.05) is 12.8 Å². The zero-order valence-corrected chi connectivity index (χ0v) is 39.2. The average Bonchev–Trinajstić information content (AvgIpc) is 3.25. The fraction of sp³-hybridized carbons (Fsp3) is 0.769. The third-order valence-corrected chi connectivity index (χ3v) is 11.1. The van der Waals surface area contributed by atoms with Crippen LogP contribution in [-0.2, 0) is 23.9 Å². The highest BCUT2D eigenvalue weighted by Crippen LogP contribution is 2.19. The first-order valence-electron chi connectivity index (χ1n) is 25.0. The maximum Gasteiger partial charge on any atom is 0.328 e. The highest BCUT2D eigenvalue weighted by Gasteiger charge is 2.19. The Balaban J connectivity index is 4.26. The van der Waals surface area contributed by atoms with Crippen LogP contribution < -0.4 is 10.6 Å². The number of rotatable bonds is 45. The van der Waals surface area contributed by atoms with Crippen molar-refractivity contribution in [1.82, 2.24) is 10.6 Å². The largest absolute Gasteiger partial charge is 0.480 e. The molecular formula is C52H92N2O7. The number of allylic oxidation sites excluding steroid dienone is 8. The van der Waals surface area contributed by atoms with Crippen molar-refractivity contribution in [3.05, 3.63) is 48.6 Å². The van der Waals surface area contributed by atoms with Gasteiger partial charge in [0.05, 0.1) is 13.2 Å². The van der Waals surface area contributed by atoms with Crippen molar-refractivity contribution in [1.29, 1.82) is 0 Å². The number of aliphatic hydroxyl groups excluding tert-OH is 1.